The number of imidazole rings is 2. The van der Waals surface area contributed by atoms with Gasteiger partial charge >= 0.3 is 5.69 Å². The van der Waals surface area contributed by atoms with Gasteiger partial charge < -0.3 is 4.57 Å². The van der Waals surface area contributed by atoms with E-state index in [0.29, 0.717) is 16.9 Å². The molecule has 0 saturated carbocycles. The Kier molecular flexibility index (Phi) is 3.99. The standard InChI is InChI=1S/C21H24N6O2/c1-13-14(2)27-17-18(24(3)21(29)23-19(17)28)22-20(27)26(13)11-10-25-9-8-15-6-4-5-7-16(15)12-25/h4-7H,8-12H2,1-3H3,(H,23,28,29). The molecule has 1 aliphatic heterocycles. The van der Waals surface area contributed by atoms with Crippen LogP contribution in [0.2, 0.25) is 0 Å². The maximum absolute atomic E-state index is 12.5. The van der Waals surface area contributed by atoms with Crippen LogP contribution in [0.1, 0.15) is 22.5 Å². The van der Waals surface area contributed by atoms with E-state index >= 15 is 0 Å². The van der Waals surface area contributed by atoms with Crippen LogP contribution in [0.4, 0.5) is 0 Å². The Morgan fingerprint density at radius 1 is 1.07 bits per heavy atom. The van der Waals surface area contributed by atoms with E-state index in [1.54, 1.807) is 7.05 Å². The van der Waals surface area contributed by atoms with E-state index in [9.17, 15) is 9.59 Å². The minimum atomic E-state index is -0.448. The van der Waals surface area contributed by atoms with E-state index in [1.807, 2.05) is 11.3 Å². The molecule has 0 radical (unpaired) electrons. The van der Waals surface area contributed by atoms with Crippen molar-refractivity contribution >= 4 is 16.9 Å². The molecule has 0 bridgehead atoms. The van der Waals surface area contributed by atoms with Gasteiger partial charge in [-0.25, -0.2) is 4.79 Å². The fourth-order valence-corrected chi connectivity index (χ4v) is 4.43. The van der Waals surface area contributed by atoms with Crippen LogP contribution in [0.5, 0.6) is 0 Å². The minimum Gasteiger partial charge on any atom is -0.313 e. The van der Waals surface area contributed by atoms with Crippen molar-refractivity contribution in [1.82, 2.24) is 28.4 Å². The van der Waals surface area contributed by atoms with Crippen LogP contribution in [0, 0.1) is 13.8 Å². The fourth-order valence-electron chi connectivity index (χ4n) is 4.43. The van der Waals surface area contributed by atoms with E-state index < -0.39 is 11.2 Å². The molecular formula is C21H24N6O2. The summed E-state index contributed by atoms with van der Waals surface area (Å²) in [4.78, 5) is 33.9. The van der Waals surface area contributed by atoms with Crippen molar-refractivity contribution in [3.63, 3.8) is 0 Å². The molecule has 0 aliphatic carbocycles. The molecule has 0 unspecified atom stereocenters. The molecule has 150 valence electrons. The van der Waals surface area contributed by atoms with Crippen molar-refractivity contribution in [2.45, 2.75) is 33.4 Å². The van der Waals surface area contributed by atoms with E-state index in [1.165, 1.54) is 15.7 Å². The minimum absolute atomic E-state index is 0.400. The second kappa shape index (κ2) is 6.45. The Morgan fingerprint density at radius 3 is 2.62 bits per heavy atom. The molecular weight excluding hydrogens is 368 g/mol. The molecule has 0 spiro atoms. The number of rotatable bonds is 3. The zero-order chi connectivity index (χ0) is 20.3. The molecule has 29 heavy (non-hydrogen) atoms. The van der Waals surface area contributed by atoms with E-state index in [4.69, 9.17) is 0 Å². The van der Waals surface area contributed by atoms with Crippen LogP contribution in [0.15, 0.2) is 33.9 Å². The van der Waals surface area contributed by atoms with Gasteiger partial charge in [-0.1, -0.05) is 24.3 Å². The summed E-state index contributed by atoms with van der Waals surface area (Å²) in [5, 5.41) is 0. The van der Waals surface area contributed by atoms with Gasteiger partial charge in [0.1, 0.15) is 0 Å². The zero-order valence-corrected chi connectivity index (χ0v) is 16.9. The summed E-state index contributed by atoms with van der Waals surface area (Å²) in [6.07, 6.45) is 1.07. The largest absolute Gasteiger partial charge is 0.329 e. The van der Waals surface area contributed by atoms with Gasteiger partial charge in [-0.2, -0.15) is 4.98 Å². The third-order valence-corrected chi connectivity index (χ3v) is 6.25. The Balaban J connectivity index is 1.53. The molecule has 5 rings (SSSR count). The Labute approximate surface area is 167 Å². The lowest BCUT2D eigenvalue weighted by molar-refractivity contribution is 0.244. The molecule has 0 amide bonds. The molecule has 8 nitrogen and oxygen atoms in total. The van der Waals surface area contributed by atoms with Crippen molar-refractivity contribution in [3.8, 4) is 0 Å². The highest BCUT2D eigenvalue weighted by molar-refractivity contribution is 5.76. The number of nitrogens with zero attached hydrogens (tertiary/aromatic N) is 5. The van der Waals surface area contributed by atoms with E-state index in [-0.39, 0.29) is 0 Å². The van der Waals surface area contributed by atoms with Gasteiger partial charge in [0.15, 0.2) is 11.2 Å². The highest BCUT2D eigenvalue weighted by Crippen LogP contribution is 2.22. The first-order valence-electron chi connectivity index (χ1n) is 9.92. The lowest BCUT2D eigenvalue weighted by Gasteiger charge is -2.28. The van der Waals surface area contributed by atoms with Gasteiger partial charge in [0.05, 0.1) is 0 Å². The molecule has 4 aromatic rings. The number of aryl methyl sites for hydroxylation is 2. The summed E-state index contributed by atoms with van der Waals surface area (Å²) in [5.74, 6) is 0.708. The molecule has 1 aliphatic rings. The van der Waals surface area contributed by atoms with Gasteiger partial charge in [-0.3, -0.25) is 23.6 Å². The third-order valence-electron chi connectivity index (χ3n) is 6.25. The topological polar surface area (TPSA) is 80.3 Å². The summed E-state index contributed by atoms with van der Waals surface area (Å²) in [6.45, 7) is 7.71. The van der Waals surface area contributed by atoms with Crippen LogP contribution in [0.25, 0.3) is 16.9 Å². The van der Waals surface area contributed by atoms with Crippen LogP contribution in [0.3, 0.4) is 0 Å². The Bertz CT molecular complexity index is 1370. The van der Waals surface area contributed by atoms with Gasteiger partial charge in [0.25, 0.3) is 5.56 Å². The Hall–Kier alpha value is -3.13. The second-order valence-electron chi connectivity index (χ2n) is 7.86. The molecule has 4 heterocycles. The maximum atomic E-state index is 12.5. The number of aromatic amines is 1. The van der Waals surface area contributed by atoms with Gasteiger partial charge in [0, 0.05) is 44.6 Å². The fraction of sp³-hybridized carbons (Fsp3) is 0.381. The quantitative estimate of drug-likeness (QED) is 0.571. The molecule has 0 fully saturated rings. The van der Waals surface area contributed by atoms with Crippen molar-refractivity contribution in [3.05, 3.63) is 67.6 Å². The number of aromatic nitrogens is 5. The number of hydrogen-bond acceptors (Lipinski definition) is 4. The second-order valence-corrected chi connectivity index (χ2v) is 7.86. The number of hydrogen-bond donors (Lipinski definition) is 1. The smallest absolute Gasteiger partial charge is 0.313 e. The summed E-state index contributed by atoms with van der Waals surface area (Å²) >= 11 is 0. The predicted molar refractivity (Wildman–Crippen MR) is 111 cm³/mol. The number of fused-ring (bicyclic) bond motifs is 4. The molecule has 0 atom stereocenters. The van der Waals surface area contributed by atoms with E-state index in [2.05, 4.69) is 50.6 Å². The SMILES string of the molecule is Cc1c(C)n2c3c(=O)[nH]c(=O)n(C)c3nc2n1CCN1CCc2ccccc2C1. The normalized spacial score (nSPS) is 14.7. The first-order chi connectivity index (χ1) is 14.0. The summed E-state index contributed by atoms with van der Waals surface area (Å²) in [6, 6.07) is 8.63. The van der Waals surface area contributed by atoms with Crippen molar-refractivity contribution in [2.24, 2.45) is 7.05 Å². The van der Waals surface area contributed by atoms with Crippen LogP contribution >= 0.6 is 0 Å². The highest BCUT2D eigenvalue weighted by atomic mass is 16.2. The average Bonchev–Trinajstić information content (AvgIpc) is 3.21. The van der Waals surface area contributed by atoms with Crippen molar-refractivity contribution in [1.29, 1.82) is 0 Å². The number of H-pyrrole nitrogens is 1. The van der Waals surface area contributed by atoms with Crippen LogP contribution < -0.4 is 11.2 Å². The van der Waals surface area contributed by atoms with Crippen molar-refractivity contribution < 1.29 is 0 Å². The summed E-state index contributed by atoms with van der Waals surface area (Å²) in [5.41, 5.74) is 4.89. The first-order valence-corrected chi connectivity index (χ1v) is 9.92. The average molecular weight is 392 g/mol. The lowest BCUT2D eigenvalue weighted by Crippen LogP contribution is -2.33. The van der Waals surface area contributed by atoms with E-state index in [0.717, 1.165) is 44.0 Å². The van der Waals surface area contributed by atoms with Gasteiger partial charge in [-0.05, 0) is 31.4 Å². The number of nitrogens with one attached hydrogen (secondary N) is 1. The summed E-state index contributed by atoms with van der Waals surface area (Å²) < 4.78 is 5.42. The monoisotopic (exact) mass is 392 g/mol. The van der Waals surface area contributed by atoms with Crippen LogP contribution in [-0.2, 0) is 26.6 Å². The lowest BCUT2D eigenvalue weighted by atomic mass is 10.00. The predicted octanol–water partition coefficient (Wildman–Crippen LogP) is 1.35. The molecule has 0 saturated heterocycles. The first kappa shape index (κ1) is 17.9. The zero-order valence-electron chi connectivity index (χ0n) is 16.9. The van der Waals surface area contributed by atoms with Gasteiger partial charge in [-0.15, -0.1) is 0 Å². The third kappa shape index (κ3) is 2.66. The maximum Gasteiger partial charge on any atom is 0.329 e. The van der Waals surface area contributed by atoms with Crippen molar-refractivity contribution in [2.75, 3.05) is 13.1 Å². The molecule has 1 aromatic carbocycles. The van der Waals surface area contributed by atoms with Crippen LogP contribution in [-0.4, -0.2) is 41.5 Å². The highest BCUT2D eigenvalue weighted by Gasteiger charge is 2.21. The summed E-state index contributed by atoms with van der Waals surface area (Å²) in [7, 11) is 1.63. The molecule has 8 heteroatoms. The molecule has 3 aromatic heterocycles. The van der Waals surface area contributed by atoms with Gasteiger partial charge in [0.2, 0.25) is 5.78 Å². The number of benzene rings is 1. The Morgan fingerprint density at radius 2 is 1.83 bits per heavy atom. The molecule has 1 N–H and O–H groups in total.